The predicted molar refractivity (Wildman–Crippen MR) is 53.9 cm³/mol. The molecule has 0 saturated heterocycles. The Bertz CT molecular complexity index is 588. The van der Waals surface area contributed by atoms with Gasteiger partial charge in [-0.15, -0.1) is 0 Å². The number of rotatable bonds is 1. The summed E-state index contributed by atoms with van der Waals surface area (Å²) >= 11 is 0. The van der Waals surface area contributed by atoms with E-state index in [9.17, 15) is 8.42 Å². The first-order valence-corrected chi connectivity index (χ1v) is 6.19. The lowest BCUT2D eigenvalue weighted by molar-refractivity contribution is 0.609. The number of nitrogens with zero attached hydrogens (tertiary/aromatic N) is 1. The first-order valence-electron chi connectivity index (χ1n) is 3.88. The summed E-state index contributed by atoms with van der Waals surface area (Å²) in [4.78, 5) is 0.0937. The van der Waals surface area contributed by atoms with Gasteiger partial charge in [-0.05, 0) is 25.1 Å². The SMILES string of the molecule is Cc1[nH]nc2ccc(S(=O)(=O)Cl)cc12. The highest BCUT2D eigenvalue weighted by atomic mass is 35.7. The fourth-order valence-electron chi connectivity index (χ4n) is 1.27. The number of aromatic amines is 1. The minimum absolute atomic E-state index is 0.0937. The van der Waals surface area contributed by atoms with Crippen molar-refractivity contribution in [3.63, 3.8) is 0 Å². The summed E-state index contributed by atoms with van der Waals surface area (Å²) in [5.74, 6) is 0. The number of fused-ring (bicyclic) bond motifs is 1. The molecule has 0 fully saturated rings. The average Bonchev–Trinajstić information content (AvgIpc) is 2.46. The van der Waals surface area contributed by atoms with Crippen LogP contribution in [0.4, 0.5) is 0 Å². The van der Waals surface area contributed by atoms with Gasteiger partial charge in [0, 0.05) is 21.8 Å². The van der Waals surface area contributed by atoms with Gasteiger partial charge >= 0.3 is 0 Å². The van der Waals surface area contributed by atoms with Crippen molar-refractivity contribution in [1.29, 1.82) is 0 Å². The molecule has 1 N–H and O–H groups in total. The highest BCUT2D eigenvalue weighted by molar-refractivity contribution is 8.13. The zero-order chi connectivity index (χ0) is 10.3. The number of H-pyrrole nitrogens is 1. The van der Waals surface area contributed by atoms with Gasteiger partial charge in [-0.3, -0.25) is 5.10 Å². The van der Waals surface area contributed by atoms with Crippen LogP contribution in [0.1, 0.15) is 5.69 Å². The summed E-state index contributed by atoms with van der Waals surface area (Å²) in [6, 6.07) is 4.57. The summed E-state index contributed by atoms with van der Waals surface area (Å²) in [6.45, 7) is 1.82. The molecule has 14 heavy (non-hydrogen) atoms. The van der Waals surface area contributed by atoms with E-state index in [-0.39, 0.29) is 4.90 Å². The molecule has 1 aromatic heterocycles. The highest BCUT2D eigenvalue weighted by Crippen LogP contribution is 2.22. The predicted octanol–water partition coefficient (Wildman–Crippen LogP) is 1.80. The normalized spacial score (nSPS) is 12.1. The van der Waals surface area contributed by atoms with Gasteiger partial charge in [0.1, 0.15) is 0 Å². The molecule has 1 aromatic carbocycles. The molecule has 0 bridgehead atoms. The van der Waals surface area contributed by atoms with E-state index >= 15 is 0 Å². The molecule has 1 heterocycles. The Morgan fingerprint density at radius 1 is 1.43 bits per heavy atom. The average molecular weight is 231 g/mol. The maximum Gasteiger partial charge on any atom is 0.261 e. The lowest BCUT2D eigenvalue weighted by atomic mass is 10.2. The van der Waals surface area contributed by atoms with E-state index in [1.807, 2.05) is 6.92 Å². The highest BCUT2D eigenvalue weighted by Gasteiger charge is 2.11. The van der Waals surface area contributed by atoms with Crippen LogP contribution in [-0.2, 0) is 9.05 Å². The molecule has 0 radical (unpaired) electrons. The van der Waals surface area contributed by atoms with Crippen molar-refractivity contribution >= 4 is 30.6 Å². The monoisotopic (exact) mass is 230 g/mol. The third-order valence-electron chi connectivity index (χ3n) is 2.00. The second kappa shape index (κ2) is 2.96. The van der Waals surface area contributed by atoms with Gasteiger partial charge in [-0.2, -0.15) is 5.10 Å². The smallest absolute Gasteiger partial charge is 0.261 e. The van der Waals surface area contributed by atoms with Crippen LogP contribution < -0.4 is 0 Å². The van der Waals surface area contributed by atoms with E-state index in [0.29, 0.717) is 0 Å². The first kappa shape index (κ1) is 9.48. The molecule has 0 aliphatic rings. The second-order valence-corrected chi connectivity index (χ2v) is 5.53. The van der Waals surface area contributed by atoms with Crippen LogP contribution >= 0.6 is 10.7 Å². The zero-order valence-corrected chi connectivity index (χ0v) is 8.85. The quantitative estimate of drug-likeness (QED) is 0.760. The molecule has 2 aromatic rings. The van der Waals surface area contributed by atoms with Gasteiger partial charge in [-0.25, -0.2) is 8.42 Å². The van der Waals surface area contributed by atoms with E-state index in [2.05, 4.69) is 10.2 Å². The van der Waals surface area contributed by atoms with Crippen molar-refractivity contribution in [3.8, 4) is 0 Å². The molecule has 0 unspecified atom stereocenters. The van der Waals surface area contributed by atoms with Crippen LogP contribution in [0.25, 0.3) is 10.9 Å². The van der Waals surface area contributed by atoms with E-state index in [1.165, 1.54) is 12.1 Å². The Morgan fingerprint density at radius 2 is 2.14 bits per heavy atom. The Balaban J connectivity index is 2.79. The first-order chi connectivity index (χ1) is 6.48. The molecule has 0 amide bonds. The maximum absolute atomic E-state index is 11.0. The van der Waals surface area contributed by atoms with Crippen LogP contribution in [0, 0.1) is 6.92 Å². The van der Waals surface area contributed by atoms with Gasteiger partial charge in [0.15, 0.2) is 0 Å². The topological polar surface area (TPSA) is 62.8 Å². The summed E-state index contributed by atoms with van der Waals surface area (Å²) in [5, 5.41) is 7.52. The van der Waals surface area contributed by atoms with Crippen LogP contribution in [-0.4, -0.2) is 18.6 Å². The minimum atomic E-state index is -3.66. The Hall–Kier alpha value is -1.07. The van der Waals surface area contributed by atoms with Crippen molar-refractivity contribution in [1.82, 2.24) is 10.2 Å². The van der Waals surface area contributed by atoms with Gasteiger partial charge in [0.25, 0.3) is 9.05 Å². The number of aryl methyl sites for hydroxylation is 1. The number of nitrogens with one attached hydrogen (secondary N) is 1. The largest absolute Gasteiger partial charge is 0.282 e. The number of aromatic nitrogens is 2. The molecule has 4 nitrogen and oxygen atoms in total. The second-order valence-electron chi connectivity index (χ2n) is 2.97. The van der Waals surface area contributed by atoms with Crippen molar-refractivity contribution < 1.29 is 8.42 Å². The summed E-state index contributed by atoms with van der Waals surface area (Å²) < 4.78 is 22.1. The molecule has 0 aliphatic heterocycles. The van der Waals surface area contributed by atoms with Crippen molar-refractivity contribution in [2.75, 3.05) is 0 Å². The van der Waals surface area contributed by atoms with Gasteiger partial charge in [0.05, 0.1) is 10.4 Å². The Labute approximate surface area is 85.3 Å². The van der Waals surface area contributed by atoms with Gasteiger partial charge in [0.2, 0.25) is 0 Å². The van der Waals surface area contributed by atoms with Gasteiger partial charge < -0.3 is 0 Å². The lowest BCUT2D eigenvalue weighted by Crippen LogP contribution is -1.89. The molecule has 0 spiro atoms. The zero-order valence-electron chi connectivity index (χ0n) is 7.28. The minimum Gasteiger partial charge on any atom is -0.282 e. The summed E-state index contributed by atoms with van der Waals surface area (Å²) in [5.41, 5.74) is 1.55. The molecule has 0 aliphatic carbocycles. The van der Waals surface area contributed by atoms with Crippen LogP contribution in [0.2, 0.25) is 0 Å². The number of hydrogen-bond acceptors (Lipinski definition) is 3. The van der Waals surface area contributed by atoms with E-state index in [0.717, 1.165) is 16.6 Å². The number of benzene rings is 1. The van der Waals surface area contributed by atoms with Crippen molar-refractivity contribution in [2.24, 2.45) is 0 Å². The molecule has 74 valence electrons. The van der Waals surface area contributed by atoms with E-state index < -0.39 is 9.05 Å². The fourth-order valence-corrected chi connectivity index (χ4v) is 2.05. The molecular weight excluding hydrogens is 224 g/mol. The van der Waals surface area contributed by atoms with E-state index in [4.69, 9.17) is 10.7 Å². The fraction of sp³-hybridized carbons (Fsp3) is 0.125. The standard InChI is InChI=1S/C8H7ClN2O2S/c1-5-7-4-6(14(9,12)13)2-3-8(7)11-10-5/h2-4H,1H3,(H,10,11). The lowest BCUT2D eigenvalue weighted by Gasteiger charge is -1.95. The Kier molecular flexibility index (Phi) is 2.01. The molecule has 2 rings (SSSR count). The number of hydrogen-bond donors (Lipinski definition) is 1. The van der Waals surface area contributed by atoms with Crippen LogP contribution in [0.15, 0.2) is 23.1 Å². The Morgan fingerprint density at radius 3 is 2.79 bits per heavy atom. The molecular formula is C8H7ClN2O2S. The maximum atomic E-state index is 11.0. The van der Waals surface area contributed by atoms with Crippen molar-refractivity contribution in [3.05, 3.63) is 23.9 Å². The third kappa shape index (κ3) is 1.49. The van der Waals surface area contributed by atoms with Crippen molar-refractivity contribution in [2.45, 2.75) is 11.8 Å². The third-order valence-corrected chi connectivity index (χ3v) is 3.35. The van der Waals surface area contributed by atoms with Crippen LogP contribution in [0.3, 0.4) is 0 Å². The van der Waals surface area contributed by atoms with E-state index in [1.54, 1.807) is 6.07 Å². The van der Waals surface area contributed by atoms with Crippen LogP contribution in [0.5, 0.6) is 0 Å². The summed E-state index contributed by atoms with van der Waals surface area (Å²) in [7, 11) is 1.56. The molecule has 6 heteroatoms. The molecule has 0 atom stereocenters. The number of halogens is 1. The molecule has 0 saturated carbocycles. The van der Waals surface area contributed by atoms with Gasteiger partial charge in [-0.1, -0.05) is 0 Å². The summed E-state index contributed by atoms with van der Waals surface area (Å²) in [6.07, 6.45) is 0.